The number of hydrogen-bond donors (Lipinski definition) is 1. The second-order valence-corrected chi connectivity index (χ2v) is 6.65. The molecule has 0 spiro atoms. The molecule has 0 bridgehead atoms. The SMILES string of the molecule is NCC(c1ccc(F)c(Br)c1)N(CC1CC1)C1CC1. The lowest BCUT2D eigenvalue weighted by molar-refractivity contribution is 0.182. The van der Waals surface area contributed by atoms with Gasteiger partial charge in [0.15, 0.2) is 0 Å². The molecule has 0 amide bonds. The molecule has 19 heavy (non-hydrogen) atoms. The first-order chi connectivity index (χ1) is 9.19. The zero-order valence-electron chi connectivity index (χ0n) is 11.0. The van der Waals surface area contributed by atoms with Gasteiger partial charge in [0.2, 0.25) is 0 Å². The highest BCUT2D eigenvalue weighted by Crippen LogP contribution is 2.39. The van der Waals surface area contributed by atoms with Gasteiger partial charge in [0.05, 0.1) is 4.47 Å². The van der Waals surface area contributed by atoms with Gasteiger partial charge in [-0.1, -0.05) is 6.07 Å². The Hall–Kier alpha value is -0.450. The Morgan fingerprint density at radius 1 is 1.32 bits per heavy atom. The van der Waals surface area contributed by atoms with Crippen LogP contribution in [0.2, 0.25) is 0 Å². The fourth-order valence-corrected chi connectivity index (χ4v) is 3.11. The molecule has 2 aliphatic carbocycles. The summed E-state index contributed by atoms with van der Waals surface area (Å²) in [7, 11) is 0. The second kappa shape index (κ2) is 5.51. The van der Waals surface area contributed by atoms with Gasteiger partial charge in [-0.25, -0.2) is 4.39 Å². The van der Waals surface area contributed by atoms with E-state index in [0.29, 0.717) is 17.1 Å². The van der Waals surface area contributed by atoms with Crippen molar-refractivity contribution in [3.63, 3.8) is 0 Å². The molecule has 2 nitrogen and oxygen atoms in total. The van der Waals surface area contributed by atoms with Gasteiger partial charge in [0.1, 0.15) is 5.82 Å². The molecule has 3 rings (SSSR count). The van der Waals surface area contributed by atoms with Crippen LogP contribution in [0.15, 0.2) is 22.7 Å². The number of hydrogen-bond acceptors (Lipinski definition) is 2. The van der Waals surface area contributed by atoms with Crippen LogP contribution in [0.1, 0.15) is 37.3 Å². The van der Waals surface area contributed by atoms with Crippen LogP contribution in [0.4, 0.5) is 4.39 Å². The zero-order valence-corrected chi connectivity index (χ0v) is 12.6. The summed E-state index contributed by atoms with van der Waals surface area (Å²) in [6.45, 7) is 1.75. The maximum absolute atomic E-state index is 13.4. The molecule has 2 saturated carbocycles. The molecular formula is C15H20BrFN2. The molecule has 4 heteroatoms. The van der Waals surface area contributed by atoms with Gasteiger partial charge in [-0.2, -0.15) is 0 Å². The van der Waals surface area contributed by atoms with Crippen molar-refractivity contribution in [3.05, 3.63) is 34.1 Å². The van der Waals surface area contributed by atoms with E-state index in [1.165, 1.54) is 31.7 Å². The summed E-state index contributed by atoms with van der Waals surface area (Å²) in [6.07, 6.45) is 5.28. The molecule has 0 heterocycles. The van der Waals surface area contributed by atoms with Crippen LogP contribution in [-0.2, 0) is 0 Å². The Balaban J connectivity index is 1.81. The van der Waals surface area contributed by atoms with Gasteiger partial charge < -0.3 is 5.73 Å². The highest BCUT2D eigenvalue weighted by atomic mass is 79.9. The van der Waals surface area contributed by atoms with E-state index in [1.54, 1.807) is 0 Å². The van der Waals surface area contributed by atoms with Gasteiger partial charge in [0, 0.05) is 25.2 Å². The first kappa shape index (κ1) is 13.5. The molecule has 0 radical (unpaired) electrons. The monoisotopic (exact) mass is 326 g/mol. The summed E-state index contributed by atoms with van der Waals surface area (Å²) in [5.41, 5.74) is 7.13. The number of nitrogens with zero attached hydrogens (tertiary/aromatic N) is 1. The summed E-state index contributed by atoms with van der Waals surface area (Å²) >= 11 is 3.27. The summed E-state index contributed by atoms with van der Waals surface area (Å²) < 4.78 is 13.9. The summed E-state index contributed by atoms with van der Waals surface area (Å²) in [4.78, 5) is 2.55. The maximum Gasteiger partial charge on any atom is 0.137 e. The Kier molecular flexibility index (Phi) is 3.92. The number of halogens is 2. The van der Waals surface area contributed by atoms with Gasteiger partial charge >= 0.3 is 0 Å². The molecule has 2 aliphatic rings. The minimum Gasteiger partial charge on any atom is -0.329 e. The molecule has 0 aliphatic heterocycles. The van der Waals surface area contributed by atoms with E-state index in [2.05, 4.69) is 20.8 Å². The Bertz CT molecular complexity index is 457. The molecular weight excluding hydrogens is 307 g/mol. The molecule has 104 valence electrons. The summed E-state index contributed by atoms with van der Waals surface area (Å²) in [6, 6.07) is 6.21. The first-order valence-corrected chi connectivity index (χ1v) is 7.89. The summed E-state index contributed by atoms with van der Waals surface area (Å²) in [5, 5.41) is 0. The van der Waals surface area contributed by atoms with Gasteiger partial charge in [-0.3, -0.25) is 4.90 Å². The Morgan fingerprint density at radius 2 is 2.05 bits per heavy atom. The van der Waals surface area contributed by atoms with Gasteiger partial charge in [-0.15, -0.1) is 0 Å². The number of benzene rings is 1. The van der Waals surface area contributed by atoms with Crippen molar-refractivity contribution >= 4 is 15.9 Å². The van der Waals surface area contributed by atoms with Crippen molar-refractivity contribution < 1.29 is 4.39 Å². The lowest BCUT2D eigenvalue weighted by Gasteiger charge is -2.31. The fourth-order valence-electron chi connectivity index (χ4n) is 2.72. The van der Waals surface area contributed by atoms with Crippen molar-refractivity contribution in [1.29, 1.82) is 0 Å². The minimum atomic E-state index is -0.209. The van der Waals surface area contributed by atoms with Crippen LogP contribution in [0.25, 0.3) is 0 Å². The molecule has 0 aromatic heterocycles. The predicted molar refractivity (Wildman–Crippen MR) is 78.3 cm³/mol. The van der Waals surface area contributed by atoms with Crippen molar-refractivity contribution in [2.24, 2.45) is 11.7 Å². The van der Waals surface area contributed by atoms with E-state index < -0.39 is 0 Å². The number of nitrogens with two attached hydrogens (primary N) is 1. The molecule has 0 saturated heterocycles. The lowest BCUT2D eigenvalue weighted by Crippen LogP contribution is -2.37. The lowest BCUT2D eigenvalue weighted by atomic mass is 10.0. The molecule has 2 fully saturated rings. The van der Waals surface area contributed by atoms with E-state index in [-0.39, 0.29) is 11.9 Å². The maximum atomic E-state index is 13.4. The van der Waals surface area contributed by atoms with Crippen LogP contribution in [0.3, 0.4) is 0 Å². The van der Waals surface area contributed by atoms with Crippen LogP contribution in [-0.4, -0.2) is 24.0 Å². The average molecular weight is 327 g/mol. The van der Waals surface area contributed by atoms with Gasteiger partial charge in [0.25, 0.3) is 0 Å². The van der Waals surface area contributed by atoms with Crippen molar-refractivity contribution in [1.82, 2.24) is 4.90 Å². The summed E-state index contributed by atoms with van der Waals surface area (Å²) in [5.74, 6) is 0.651. The Labute approximate surface area is 122 Å². The van der Waals surface area contributed by atoms with Gasteiger partial charge in [-0.05, 0) is 65.2 Å². The predicted octanol–water partition coefficient (Wildman–Crippen LogP) is 3.46. The topological polar surface area (TPSA) is 29.3 Å². The zero-order chi connectivity index (χ0) is 13.4. The standard InChI is InChI=1S/C15H20BrFN2/c16-13-7-11(3-6-14(13)17)15(8-18)19(12-4-5-12)9-10-1-2-10/h3,6-7,10,12,15H,1-2,4-5,8-9,18H2. The van der Waals surface area contributed by atoms with E-state index >= 15 is 0 Å². The fraction of sp³-hybridized carbons (Fsp3) is 0.600. The molecule has 1 unspecified atom stereocenters. The van der Waals surface area contributed by atoms with Crippen molar-refractivity contribution in [2.45, 2.75) is 37.8 Å². The third kappa shape index (κ3) is 3.18. The molecule has 1 atom stereocenters. The van der Waals surface area contributed by atoms with Crippen molar-refractivity contribution in [3.8, 4) is 0 Å². The molecule has 1 aromatic carbocycles. The third-order valence-corrected chi connectivity index (χ3v) is 4.74. The third-order valence-electron chi connectivity index (χ3n) is 4.13. The minimum absolute atomic E-state index is 0.209. The van der Waals surface area contributed by atoms with Crippen LogP contribution in [0.5, 0.6) is 0 Å². The highest BCUT2D eigenvalue weighted by Gasteiger charge is 2.37. The highest BCUT2D eigenvalue weighted by molar-refractivity contribution is 9.10. The first-order valence-electron chi connectivity index (χ1n) is 7.10. The molecule has 2 N–H and O–H groups in total. The number of rotatable bonds is 6. The van der Waals surface area contributed by atoms with E-state index in [1.807, 2.05) is 12.1 Å². The van der Waals surface area contributed by atoms with Crippen LogP contribution in [0, 0.1) is 11.7 Å². The van der Waals surface area contributed by atoms with Crippen LogP contribution < -0.4 is 5.73 Å². The largest absolute Gasteiger partial charge is 0.329 e. The van der Waals surface area contributed by atoms with Crippen LogP contribution >= 0.6 is 15.9 Å². The van der Waals surface area contributed by atoms with E-state index in [9.17, 15) is 4.39 Å². The van der Waals surface area contributed by atoms with E-state index in [4.69, 9.17) is 5.73 Å². The Morgan fingerprint density at radius 3 is 2.58 bits per heavy atom. The normalized spacial score (nSPS) is 20.8. The average Bonchev–Trinajstić information content (AvgIpc) is 3.27. The second-order valence-electron chi connectivity index (χ2n) is 5.80. The smallest absolute Gasteiger partial charge is 0.137 e. The van der Waals surface area contributed by atoms with Crippen molar-refractivity contribution in [2.75, 3.05) is 13.1 Å². The van der Waals surface area contributed by atoms with E-state index in [0.717, 1.165) is 18.0 Å². The molecule has 1 aromatic rings. The quantitative estimate of drug-likeness (QED) is 0.867.